The number of thiophene rings is 1. The first-order chi connectivity index (χ1) is 17.8. The number of ether oxygens (including phenoxy) is 5. The van der Waals surface area contributed by atoms with Crippen LogP contribution in [-0.2, 0) is 16.2 Å². The van der Waals surface area contributed by atoms with Crippen molar-refractivity contribution < 1.29 is 38.1 Å². The van der Waals surface area contributed by atoms with Gasteiger partial charge in [0.05, 0.1) is 33.0 Å². The fourth-order valence-corrected chi connectivity index (χ4v) is 4.40. The molecule has 0 saturated carbocycles. The van der Waals surface area contributed by atoms with Gasteiger partial charge in [0.15, 0.2) is 23.9 Å². The van der Waals surface area contributed by atoms with E-state index in [0.717, 1.165) is 11.3 Å². The number of amides is 1. The summed E-state index contributed by atoms with van der Waals surface area (Å²) in [6.07, 6.45) is 2.19. The Morgan fingerprint density at radius 1 is 1.03 bits per heavy atom. The molecule has 0 spiro atoms. The van der Waals surface area contributed by atoms with Crippen molar-refractivity contribution in [2.24, 2.45) is 0 Å². The number of aromatic nitrogens is 2. The SMILES string of the molecule is CCCOC(=O)c1c(NC(=O)c2ccn(COc3c(OC)cccc3OC)n2)sc(C(=O)OCC)c1C. The number of nitrogens with zero attached hydrogens (tertiary/aromatic N) is 2. The molecule has 3 aromatic rings. The minimum Gasteiger partial charge on any atom is -0.493 e. The highest BCUT2D eigenvalue weighted by molar-refractivity contribution is 7.18. The summed E-state index contributed by atoms with van der Waals surface area (Å²) in [7, 11) is 3.04. The van der Waals surface area contributed by atoms with Crippen LogP contribution in [0.15, 0.2) is 30.5 Å². The van der Waals surface area contributed by atoms with E-state index in [0.29, 0.717) is 29.2 Å². The molecule has 11 nitrogen and oxygen atoms in total. The van der Waals surface area contributed by atoms with Crippen LogP contribution in [0.3, 0.4) is 0 Å². The number of benzene rings is 1. The molecule has 0 aliphatic rings. The number of anilines is 1. The first kappa shape index (κ1) is 27.5. The van der Waals surface area contributed by atoms with E-state index < -0.39 is 17.8 Å². The lowest BCUT2D eigenvalue weighted by atomic mass is 10.1. The van der Waals surface area contributed by atoms with Crippen molar-refractivity contribution in [1.82, 2.24) is 9.78 Å². The summed E-state index contributed by atoms with van der Waals surface area (Å²) in [4.78, 5) is 38.3. The second kappa shape index (κ2) is 12.8. The average Bonchev–Trinajstić information content (AvgIpc) is 3.50. The Kier molecular flexibility index (Phi) is 9.50. The summed E-state index contributed by atoms with van der Waals surface area (Å²) in [5.41, 5.74) is 0.567. The molecule has 0 radical (unpaired) electrons. The van der Waals surface area contributed by atoms with Gasteiger partial charge < -0.3 is 29.0 Å². The van der Waals surface area contributed by atoms with E-state index in [-0.39, 0.29) is 41.1 Å². The van der Waals surface area contributed by atoms with Crippen LogP contribution in [0.2, 0.25) is 0 Å². The molecule has 1 aromatic carbocycles. The highest BCUT2D eigenvalue weighted by Crippen LogP contribution is 2.37. The molecule has 0 aliphatic carbocycles. The van der Waals surface area contributed by atoms with Crippen LogP contribution in [0.5, 0.6) is 17.2 Å². The third-order valence-electron chi connectivity index (χ3n) is 5.07. The third-order valence-corrected chi connectivity index (χ3v) is 6.26. The van der Waals surface area contributed by atoms with Crippen molar-refractivity contribution >= 4 is 34.2 Å². The summed E-state index contributed by atoms with van der Waals surface area (Å²) in [5, 5.41) is 7.10. The Morgan fingerprint density at radius 3 is 2.35 bits per heavy atom. The molecule has 0 saturated heterocycles. The van der Waals surface area contributed by atoms with E-state index >= 15 is 0 Å². The maximum Gasteiger partial charge on any atom is 0.348 e. The van der Waals surface area contributed by atoms with Crippen molar-refractivity contribution in [1.29, 1.82) is 0 Å². The Labute approximate surface area is 218 Å². The molecule has 0 fully saturated rings. The van der Waals surface area contributed by atoms with Gasteiger partial charge in [0, 0.05) is 6.20 Å². The number of hydrogen-bond acceptors (Lipinski definition) is 10. The second-order valence-electron chi connectivity index (χ2n) is 7.58. The van der Waals surface area contributed by atoms with Gasteiger partial charge in [-0.1, -0.05) is 13.0 Å². The van der Waals surface area contributed by atoms with E-state index in [1.807, 2.05) is 6.92 Å². The predicted octanol–water partition coefficient (Wildman–Crippen LogP) is 4.30. The summed E-state index contributed by atoms with van der Waals surface area (Å²) < 4.78 is 28.2. The monoisotopic (exact) mass is 531 g/mol. The van der Waals surface area contributed by atoms with Crippen molar-refractivity contribution in [3.63, 3.8) is 0 Å². The molecule has 0 unspecified atom stereocenters. The largest absolute Gasteiger partial charge is 0.493 e. The zero-order chi connectivity index (χ0) is 26.9. The fraction of sp³-hybridized carbons (Fsp3) is 0.360. The van der Waals surface area contributed by atoms with Gasteiger partial charge in [-0.25, -0.2) is 14.3 Å². The van der Waals surface area contributed by atoms with Gasteiger partial charge in [-0.05, 0) is 44.0 Å². The molecule has 3 rings (SSSR count). The van der Waals surface area contributed by atoms with Crippen LogP contribution >= 0.6 is 11.3 Å². The van der Waals surface area contributed by atoms with E-state index in [1.165, 1.54) is 25.0 Å². The molecule has 198 valence electrons. The molecule has 0 bridgehead atoms. The van der Waals surface area contributed by atoms with Gasteiger partial charge in [0.1, 0.15) is 9.88 Å². The van der Waals surface area contributed by atoms with Crippen LogP contribution in [0.1, 0.15) is 56.3 Å². The lowest BCUT2D eigenvalue weighted by molar-refractivity contribution is 0.0506. The zero-order valence-corrected chi connectivity index (χ0v) is 22.1. The van der Waals surface area contributed by atoms with Gasteiger partial charge in [0.2, 0.25) is 5.75 Å². The summed E-state index contributed by atoms with van der Waals surface area (Å²) >= 11 is 0.947. The number of para-hydroxylation sites is 1. The number of rotatable bonds is 12. The minimum atomic E-state index is -0.633. The predicted molar refractivity (Wildman–Crippen MR) is 136 cm³/mol. The highest BCUT2D eigenvalue weighted by atomic mass is 32.1. The topological polar surface area (TPSA) is 127 Å². The average molecular weight is 532 g/mol. The number of esters is 2. The Morgan fingerprint density at radius 2 is 1.73 bits per heavy atom. The van der Waals surface area contributed by atoms with Crippen LogP contribution in [0.4, 0.5) is 5.00 Å². The molecule has 37 heavy (non-hydrogen) atoms. The highest BCUT2D eigenvalue weighted by Gasteiger charge is 2.28. The standard InChI is InChI=1S/C25H29N3O8S/c1-6-13-35-24(30)19-15(3)21(25(31)34-7-2)37-23(19)26-22(29)16-11-12-28(27-16)14-36-20-17(32-4)9-8-10-18(20)33-5/h8-12H,6-7,13-14H2,1-5H3,(H,26,29). The second-order valence-corrected chi connectivity index (χ2v) is 8.60. The van der Waals surface area contributed by atoms with Crippen molar-refractivity contribution in [2.45, 2.75) is 33.9 Å². The van der Waals surface area contributed by atoms with Gasteiger partial charge in [0.25, 0.3) is 5.91 Å². The minimum absolute atomic E-state index is 0.0241. The van der Waals surface area contributed by atoms with E-state index in [1.54, 1.807) is 38.2 Å². The maximum absolute atomic E-state index is 13.0. The number of nitrogens with one attached hydrogen (secondary N) is 1. The molecular weight excluding hydrogens is 502 g/mol. The first-order valence-electron chi connectivity index (χ1n) is 11.5. The lowest BCUT2D eigenvalue weighted by Gasteiger charge is -2.13. The van der Waals surface area contributed by atoms with E-state index in [4.69, 9.17) is 23.7 Å². The number of carbonyl (C=O) groups is 3. The Bertz CT molecular complexity index is 1240. The van der Waals surface area contributed by atoms with Crippen LogP contribution in [0, 0.1) is 6.92 Å². The summed E-state index contributed by atoms with van der Waals surface area (Å²) in [6, 6.07) is 6.74. The smallest absolute Gasteiger partial charge is 0.348 e. The Balaban J connectivity index is 1.79. The molecule has 1 N–H and O–H groups in total. The first-order valence-corrected chi connectivity index (χ1v) is 12.3. The van der Waals surface area contributed by atoms with Gasteiger partial charge in [-0.2, -0.15) is 5.10 Å². The summed E-state index contributed by atoms with van der Waals surface area (Å²) in [6.45, 7) is 5.52. The molecule has 1 amide bonds. The molecule has 2 aromatic heterocycles. The third kappa shape index (κ3) is 6.39. The van der Waals surface area contributed by atoms with Crippen LogP contribution < -0.4 is 19.5 Å². The van der Waals surface area contributed by atoms with Crippen LogP contribution in [0.25, 0.3) is 0 Å². The molecular formula is C25H29N3O8S. The normalized spacial score (nSPS) is 10.5. The van der Waals surface area contributed by atoms with Crippen molar-refractivity contribution in [3.8, 4) is 17.2 Å². The fourth-order valence-electron chi connectivity index (χ4n) is 3.32. The number of hydrogen-bond donors (Lipinski definition) is 1. The lowest BCUT2D eigenvalue weighted by Crippen LogP contribution is -2.16. The van der Waals surface area contributed by atoms with Gasteiger partial charge in [-0.15, -0.1) is 11.3 Å². The van der Waals surface area contributed by atoms with Gasteiger partial charge >= 0.3 is 11.9 Å². The van der Waals surface area contributed by atoms with Crippen molar-refractivity contribution in [3.05, 3.63) is 52.2 Å². The molecule has 0 aliphatic heterocycles. The molecule has 12 heteroatoms. The van der Waals surface area contributed by atoms with Crippen LogP contribution in [-0.4, -0.2) is 55.1 Å². The van der Waals surface area contributed by atoms with E-state index in [9.17, 15) is 14.4 Å². The molecule has 0 atom stereocenters. The maximum atomic E-state index is 13.0. The molecule has 2 heterocycles. The quantitative estimate of drug-likeness (QED) is 0.340. The number of carbonyl (C=O) groups excluding carboxylic acids is 3. The van der Waals surface area contributed by atoms with E-state index in [2.05, 4.69) is 10.4 Å². The Hall–Kier alpha value is -4.06. The number of methoxy groups -OCH3 is 2. The van der Waals surface area contributed by atoms with Gasteiger partial charge in [-0.3, -0.25) is 4.79 Å². The summed E-state index contributed by atoms with van der Waals surface area (Å²) in [5.74, 6) is -0.427. The van der Waals surface area contributed by atoms with Crippen molar-refractivity contribution in [2.75, 3.05) is 32.8 Å². The zero-order valence-electron chi connectivity index (χ0n) is 21.3.